The smallest absolute Gasteiger partial charge is 0.128 e. The van der Waals surface area contributed by atoms with E-state index < -0.39 is 0 Å². The van der Waals surface area contributed by atoms with Gasteiger partial charge in [-0.25, -0.2) is 9.97 Å². The summed E-state index contributed by atoms with van der Waals surface area (Å²) in [6.07, 6.45) is 0. The molecular weight excluding hydrogens is 417 g/mol. The Balaban J connectivity index is 2.21. The molecular formula is C15H15ClIN3S. The van der Waals surface area contributed by atoms with Gasteiger partial charge in [-0.1, -0.05) is 0 Å². The van der Waals surface area contributed by atoms with Gasteiger partial charge in [0.2, 0.25) is 0 Å². The lowest BCUT2D eigenvalue weighted by Crippen LogP contribution is -2.11. The van der Waals surface area contributed by atoms with Crippen LogP contribution in [0, 0.1) is 10.5 Å². The topological polar surface area (TPSA) is 30.7 Å². The van der Waals surface area contributed by atoms with Crippen LogP contribution >= 0.6 is 45.5 Å². The van der Waals surface area contributed by atoms with Gasteiger partial charge in [0, 0.05) is 14.6 Å². The Morgan fingerprint density at radius 2 is 2.05 bits per heavy atom. The first-order valence-electron chi connectivity index (χ1n) is 6.71. The van der Waals surface area contributed by atoms with Crippen molar-refractivity contribution in [3.05, 3.63) is 43.7 Å². The van der Waals surface area contributed by atoms with Gasteiger partial charge in [0.1, 0.15) is 10.8 Å². The molecule has 110 valence electrons. The number of hydrogen-bond acceptors (Lipinski definition) is 3. The zero-order valence-electron chi connectivity index (χ0n) is 12.0. The predicted octanol–water partition coefficient (Wildman–Crippen LogP) is 5.31. The third kappa shape index (κ3) is 2.83. The molecule has 2 atom stereocenters. The van der Waals surface area contributed by atoms with E-state index in [2.05, 4.69) is 62.6 Å². The molecule has 2 aromatic heterocycles. The number of rotatable bonds is 3. The van der Waals surface area contributed by atoms with Crippen molar-refractivity contribution < 1.29 is 0 Å². The minimum atomic E-state index is -0.140. The maximum Gasteiger partial charge on any atom is 0.128 e. The summed E-state index contributed by atoms with van der Waals surface area (Å²) in [6, 6.07) is 6.44. The number of fused-ring (bicyclic) bond motifs is 1. The SMILES string of the molecule is Cc1csc(C(C)n2c(C(C)Cl)nc3cc(I)ccc32)n1. The largest absolute Gasteiger partial charge is 0.317 e. The molecule has 2 heterocycles. The number of imidazole rings is 1. The average molecular weight is 432 g/mol. The van der Waals surface area contributed by atoms with Crippen LogP contribution in [-0.2, 0) is 0 Å². The number of thiazole rings is 1. The van der Waals surface area contributed by atoms with Crippen LogP contribution in [0.1, 0.15) is 41.8 Å². The molecule has 3 aromatic rings. The van der Waals surface area contributed by atoms with Crippen molar-refractivity contribution in [2.45, 2.75) is 32.2 Å². The standard InChI is InChI=1S/C15H15ClIN3S/c1-8-7-21-15(18-8)10(3)20-13-5-4-11(17)6-12(13)19-14(20)9(2)16/h4-7,9-10H,1-3H3. The Kier molecular flexibility index (Phi) is 4.25. The summed E-state index contributed by atoms with van der Waals surface area (Å²) in [6.45, 7) is 6.14. The van der Waals surface area contributed by atoms with E-state index in [-0.39, 0.29) is 11.4 Å². The van der Waals surface area contributed by atoms with Gasteiger partial charge in [-0.15, -0.1) is 22.9 Å². The normalized spacial score (nSPS) is 14.5. The van der Waals surface area contributed by atoms with Gasteiger partial charge < -0.3 is 4.57 Å². The Hall–Kier alpha value is -0.660. The number of aromatic nitrogens is 3. The van der Waals surface area contributed by atoms with Gasteiger partial charge in [0.05, 0.1) is 22.5 Å². The van der Waals surface area contributed by atoms with Crippen molar-refractivity contribution >= 4 is 56.6 Å². The third-order valence-corrected chi connectivity index (χ3v) is 5.42. The van der Waals surface area contributed by atoms with E-state index in [0.29, 0.717) is 0 Å². The zero-order chi connectivity index (χ0) is 15.1. The lowest BCUT2D eigenvalue weighted by molar-refractivity contribution is 0.614. The zero-order valence-corrected chi connectivity index (χ0v) is 15.7. The van der Waals surface area contributed by atoms with Gasteiger partial charge in [-0.3, -0.25) is 0 Å². The Bertz CT molecular complexity index is 793. The molecule has 0 aliphatic carbocycles. The molecule has 6 heteroatoms. The monoisotopic (exact) mass is 431 g/mol. The quantitative estimate of drug-likeness (QED) is 0.415. The molecule has 0 aliphatic rings. The van der Waals surface area contributed by atoms with Crippen molar-refractivity contribution in [2.75, 3.05) is 0 Å². The number of alkyl halides is 1. The van der Waals surface area contributed by atoms with E-state index in [1.54, 1.807) is 11.3 Å². The highest BCUT2D eigenvalue weighted by atomic mass is 127. The number of benzene rings is 1. The van der Waals surface area contributed by atoms with Crippen LogP contribution in [0.3, 0.4) is 0 Å². The van der Waals surface area contributed by atoms with E-state index in [9.17, 15) is 0 Å². The van der Waals surface area contributed by atoms with Crippen molar-refractivity contribution in [3.63, 3.8) is 0 Å². The van der Waals surface area contributed by atoms with Crippen LogP contribution in [0.15, 0.2) is 23.6 Å². The number of hydrogen-bond donors (Lipinski definition) is 0. The second kappa shape index (κ2) is 5.85. The second-order valence-corrected chi connectivity index (χ2v) is 7.88. The van der Waals surface area contributed by atoms with Crippen LogP contribution in [0.2, 0.25) is 0 Å². The average Bonchev–Trinajstić information content (AvgIpc) is 3.01. The fourth-order valence-electron chi connectivity index (χ4n) is 2.45. The number of halogens is 2. The fourth-order valence-corrected chi connectivity index (χ4v) is 3.92. The first kappa shape index (κ1) is 15.2. The summed E-state index contributed by atoms with van der Waals surface area (Å²) < 4.78 is 3.39. The van der Waals surface area contributed by atoms with Gasteiger partial charge in [0.25, 0.3) is 0 Å². The van der Waals surface area contributed by atoms with Crippen LogP contribution in [-0.4, -0.2) is 14.5 Å². The molecule has 3 rings (SSSR count). The van der Waals surface area contributed by atoms with E-state index in [1.807, 2.05) is 13.8 Å². The van der Waals surface area contributed by atoms with Gasteiger partial charge >= 0.3 is 0 Å². The van der Waals surface area contributed by atoms with Gasteiger partial charge in [-0.05, 0) is 61.6 Å². The summed E-state index contributed by atoms with van der Waals surface area (Å²) >= 11 is 10.3. The molecule has 0 saturated heterocycles. The lowest BCUT2D eigenvalue weighted by atomic mass is 10.2. The maximum atomic E-state index is 6.35. The molecule has 0 saturated carbocycles. The van der Waals surface area contributed by atoms with E-state index in [4.69, 9.17) is 16.6 Å². The molecule has 21 heavy (non-hydrogen) atoms. The molecule has 3 nitrogen and oxygen atoms in total. The van der Waals surface area contributed by atoms with Crippen LogP contribution in [0.5, 0.6) is 0 Å². The Labute approximate surface area is 146 Å². The highest BCUT2D eigenvalue weighted by Gasteiger charge is 2.21. The molecule has 1 aromatic carbocycles. The van der Waals surface area contributed by atoms with Crippen molar-refractivity contribution in [1.29, 1.82) is 0 Å². The molecule has 0 aliphatic heterocycles. The van der Waals surface area contributed by atoms with Gasteiger partial charge in [0.15, 0.2) is 0 Å². The van der Waals surface area contributed by atoms with Gasteiger partial charge in [-0.2, -0.15) is 0 Å². The van der Waals surface area contributed by atoms with Crippen LogP contribution < -0.4 is 0 Å². The molecule has 0 bridgehead atoms. The number of nitrogens with zero attached hydrogens (tertiary/aromatic N) is 3. The Morgan fingerprint density at radius 3 is 2.67 bits per heavy atom. The summed E-state index contributed by atoms with van der Waals surface area (Å²) in [5.41, 5.74) is 3.16. The molecule has 0 N–H and O–H groups in total. The van der Waals surface area contributed by atoms with Crippen molar-refractivity contribution in [1.82, 2.24) is 14.5 Å². The van der Waals surface area contributed by atoms with Crippen molar-refractivity contribution in [2.24, 2.45) is 0 Å². The van der Waals surface area contributed by atoms with Crippen LogP contribution in [0.25, 0.3) is 11.0 Å². The summed E-state index contributed by atoms with van der Waals surface area (Å²) in [5, 5.41) is 3.03. The fraction of sp³-hybridized carbons (Fsp3) is 0.333. The first-order valence-corrected chi connectivity index (χ1v) is 9.10. The second-order valence-electron chi connectivity index (χ2n) is 5.09. The number of aryl methyl sites for hydroxylation is 1. The lowest BCUT2D eigenvalue weighted by Gasteiger charge is -2.16. The van der Waals surface area contributed by atoms with E-state index in [1.165, 1.54) is 3.57 Å². The third-order valence-electron chi connectivity index (χ3n) is 3.42. The van der Waals surface area contributed by atoms with Crippen molar-refractivity contribution in [3.8, 4) is 0 Å². The maximum absolute atomic E-state index is 6.35. The molecule has 0 fully saturated rings. The highest BCUT2D eigenvalue weighted by Crippen LogP contribution is 2.32. The Morgan fingerprint density at radius 1 is 1.29 bits per heavy atom. The highest BCUT2D eigenvalue weighted by molar-refractivity contribution is 14.1. The summed E-state index contributed by atoms with van der Waals surface area (Å²) in [4.78, 5) is 9.35. The first-order chi connectivity index (χ1) is 9.97. The summed E-state index contributed by atoms with van der Waals surface area (Å²) in [7, 11) is 0. The van der Waals surface area contributed by atoms with Crippen LogP contribution in [0.4, 0.5) is 0 Å². The van der Waals surface area contributed by atoms with E-state index >= 15 is 0 Å². The predicted molar refractivity (Wildman–Crippen MR) is 97.4 cm³/mol. The molecule has 0 spiro atoms. The summed E-state index contributed by atoms with van der Waals surface area (Å²) in [5.74, 6) is 0.897. The molecule has 0 radical (unpaired) electrons. The molecule has 2 unspecified atom stereocenters. The molecule has 0 amide bonds. The minimum Gasteiger partial charge on any atom is -0.317 e. The van der Waals surface area contributed by atoms with E-state index in [0.717, 1.165) is 27.6 Å². The minimum absolute atomic E-state index is 0.130.